The van der Waals surface area contributed by atoms with Crippen LogP contribution in [0.25, 0.3) is 0 Å². The fraction of sp³-hybridized carbons (Fsp3) is 0.312. The van der Waals surface area contributed by atoms with Crippen LogP contribution >= 0.6 is 0 Å². The van der Waals surface area contributed by atoms with E-state index in [1.54, 1.807) is 19.1 Å². The number of ether oxygens (including phenoxy) is 1. The maximum atomic E-state index is 12.8. The van der Waals surface area contributed by atoms with Crippen LogP contribution < -0.4 is 16.2 Å². The van der Waals surface area contributed by atoms with Gasteiger partial charge in [-0.25, -0.2) is 13.2 Å². The van der Waals surface area contributed by atoms with Crippen molar-refractivity contribution in [2.45, 2.75) is 39.5 Å². The van der Waals surface area contributed by atoms with Gasteiger partial charge in [0.2, 0.25) is 0 Å². The van der Waals surface area contributed by atoms with E-state index >= 15 is 0 Å². The Kier molecular flexibility index (Phi) is 5.74. The molecule has 0 unspecified atom stereocenters. The zero-order valence-corrected chi connectivity index (χ0v) is 16.3. The molecule has 0 amide bonds. The third-order valence-corrected chi connectivity index (χ3v) is 5.20. The second-order valence-corrected chi connectivity index (χ2v) is 7.05. The Morgan fingerprint density at radius 3 is 2.33 bits per heavy atom. The van der Waals surface area contributed by atoms with Crippen molar-refractivity contribution >= 4 is 15.8 Å². The zero-order chi connectivity index (χ0) is 20.4. The normalized spacial score (nSPS) is 11.0. The standard InChI is InChI=1S/C14H14N4O6S.C2H6/c1-7-4-5-10(8(2)6-7)22-13-17-24-14(19)18(13)25(20,21)11-9(3)23-16-12(11)15;1-2/h4-6H,1-3H3,(H2,15,16);1-2H3. The van der Waals surface area contributed by atoms with E-state index in [4.69, 9.17) is 15.0 Å². The number of nitrogens with two attached hydrogens (primary N) is 1. The SMILES string of the molecule is CC.Cc1ccc(Oc2noc(=O)n2S(=O)(=O)c2c(N)noc2C)c(C)c1. The molecule has 10 nitrogen and oxygen atoms in total. The molecule has 0 aliphatic carbocycles. The van der Waals surface area contributed by atoms with Crippen LogP contribution in [0.15, 0.2) is 36.9 Å². The predicted octanol–water partition coefficient (Wildman–Crippen LogP) is 2.39. The van der Waals surface area contributed by atoms with Gasteiger partial charge in [-0.05, 0) is 37.6 Å². The van der Waals surface area contributed by atoms with Crippen LogP contribution in [-0.4, -0.2) is 22.7 Å². The third kappa shape index (κ3) is 3.72. The lowest BCUT2D eigenvalue weighted by Crippen LogP contribution is -2.25. The summed E-state index contributed by atoms with van der Waals surface area (Å²) in [6.07, 6.45) is 0. The van der Waals surface area contributed by atoms with Crippen molar-refractivity contribution in [1.82, 2.24) is 14.3 Å². The molecule has 0 saturated carbocycles. The average molecular weight is 396 g/mol. The van der Waals surface area contributed by atoms with E-state index in [9.17, 15) is 13.2 Å². The first-order valence-corrected chi connectivity index (χ1v) is 9.47. The lowest BCUT2D eigenvalue weighted by atomic mass is 10.1. The molecule has 0 radical (unpaired) electrons. The van der Waals surface area contributed by atoms with Gasteiger partial charge >= 0.3 is 11.8 Å². The van der Waals surface area contributed by atoms with Crippen molar-refractivity contribution in [3.63, 3.8) is 0 Å². The summed E-state index contributed by atoms with van der Waals surface area (Å²) >= 11 is 0. The van der Waals surface area contributed by atoms with E-state index in [-0.39, 0.29) is 15.6 Å². The van der Waals surface area contributed by atoms with Gasteiger partial charge in [0.1, 0.15) is 5.75 Å². The predicted molar refractivity (Wildman–Crippen MR) is 96.3 cm³/mol. The van der Waals surface area contributed by atoms with Crippen LogP contribution in [0.3, 0.4) is 0 Å². The number of hydrogen-bond donors (Lipinski definition) is 1. The Balaban J connectivity index is 0.00000126. The van der Waals surface area contributed by atoms with Crippen molar-refractivity contribution in [1.29, 1.82) is 0 Å². The van der Waals surface area contributed by atoms with Gasteiger partial charge in [0.05, 0.1) is 0 Å². The lowest BCUT2D eigenvalue weighted by Gasteiger charge is -2.09. The highest BCUT2D eigenvalue weighted by molar-refractivity contribution is 7.90. The molecule has 146 valence electrons. The van der Waals surface area contributed by atoms with E-state index in [1.807, 2.05) is 26.8 Å². The Morgan fingerprint density at radius 1 is 1.11 bits per heavy atom. The van der Waals surface area contributed by atoms with Crippen molar-refractivity contribution in [3.8, 4) is 11.8 Å². The number of nitrogens with zero attached hydrogens (tertiary/aromatic N) is 3. The van der Waals surface area contributed by atoms with Crippen molar-refractivity contribution in [2.75, 3.05) is 5.73 Å². The van der Waals surface area contributed by atoms with E-state index in [2.05, 4.69) is 14.8 Å². The van der Waals surface area contributed by atoms with Gasteiger partial charge in [-0.3, -0.25) is 4.52 Å². The van der Waals surface area contributed by atoms with E-state index in [0.29, 0.717) is 5.75 Å². The Hall–Kier alpha value is -3.08. The molecular weight excluding hydrogens is 376 g/mol. The molecule has 0 aliphatic rings. The fourth-order valence-corrected chi connectivity index (χ4v) is 3.68. The summed E-state index contributed by atoms with van der Waals surface area (Å²) in [6, 6.07) is 4.66. The highest BCUT2D eigenvalue weighted by Crippen LogP contribution is 2.28. The largest absolute Gasteiger partial charge is 0.458 e. The first-order valence-electron chi connectivity index (χ1n) is 8.03. The van der Waals surface area contributed by atoms with Crippen LogP contribution in [-0.2, 0) is 10.0 Å². The Morgan fingerprint density at radius 2 is 1.78 bits per heavy atom. The average Bonchev–Trinajstić information content (AvgIpc) is 3.15. The minimum absolute atomic E-state index is 0.0805. The summed E-state index contributed by atoms with van der Waals surface area (Å²) in [5.41, 5.74) is 7.25. The van der Waals surface area contributed by atoms with Gasteiger partial charge in [-0.15, -0.1) is 3.97 Å². The monoisotopic (exact) mass is 396 g/mol. The second kappa shape index (κ2) is 7.66. The molecule has 0 fully saturated rings. The topological polar surface area (TPSA) is 143 Å². The molecule has 0 atom stereocenters. The molecule has 0 saturated heterocycles. The quantitative estimate of drug-likeness (QED) is 0.702. The minimum atomic E-state index is -4.47. The van der Waals surface area contributed by atoms with Crippen LogP contribution in [0.5, 0.6) is 11.8 Å². The fourth-order valence-electron chi connectivity index (χ4n) is 2.29. The molecule has 3 rings (SSSR count). The summed E-state index contributed by atoms with van der Waals surface area (Å²) in [5, 5.41) is 6.77. The summed E-state index contributed by atoms with van der Waals surface area (Å²) in [5.74, 6) is -1.40. The van der Waals surface area contributed by atoms with Crippen molar-refractivity contribution < 1.29 is 22.2 Å². The summed E-state index contributed by atoms with van der Waals surface area (Å²) in [4.78, 5) is 11.5. The minimum Gasteiger partial charge on any atom is -0.422 e. The van der Waals surface area contributed by atoms with Crippen molar-refractivity contribution in [2.24, 2.45) is 0 Å². The van der Waals surface area contributed by atoms with Gasteiger partial charge in [0.25, 0.3) is 10.0 Å². The Bertz CT molecular complexity index is 1090. The van der Waals surface area contributed by atoms with E-state index < -0.39 is 26.7 Å². The summed E-state index contributed by atoms with van der Waals surface area (Å²) in [7, 11) is -4.47. The maximum Gasteiger partial charge on any atom is 0.458 e. The van der Waals surface area contributed by atoms with Gasteiger partial charge < -0.3 is 15.0 Å². The van der Waals surface area contributed by atoms with Gasteiger partial charge in [-0.1, -0.05) is 36.7 Å². The van der Waals surface area contributed by atoms with Crippen LogP contribution in [0.2, 0.25) is 0 Å². The summed E-state index contributed by atoms with van der Waals surface area (Å²) in [6.45, 7) is 9.01. The number of rotatable bonds is 4. The highest BCUT2D eigenvalue weighted by Gasteiger charge is 2.33. The number of hydrogen-bond acceptors (Lipinski definition) is 9. The molecule has 0 spiro atoms. The van der Waals surface area contributed by atoms with E-state index in [0.717, 1.165) is 11.1 Å². The molecule has 11 heteroatoms. The smallest absolute Gasteiger partial charge is 0.422 e. The number of nitrogen functional groups attached to an aromatic ring is 1. The molecule has 3 aromatic rings. The third-order valence-electron chi connectivity index (χ3n) is 3.40. The van der Waals surface area contributed by atoms with Crippen LogP contribution in [0.1, 0.15) is 30.7 Å². The molecule has 2 N–H and O–H groups in total. The molecule has 2 aromatic heterocycles. The molecule has 0 aliphatic heterocycles. The maximum absolute atomic E-state index is 12.8. The molecule has 27 heavy (non-hydrogen) atoms. The number of aryl methyl sites for hydroxylation is 3. The highest BCUT2D eigenvalue weighted by atomic mass is 32.2. The zero-order valence-electron chi connectivity index (χ0n) is 15.5. The van der Waals surface area contributed by atoms with Crippen LogP contribution in [0.4, 0.5) is 5.82 Å². The number of aromatic nitrogens is 3. The van der Waals surface area contributed by atoms with Crippen molar-refractivity contribution in [3.05, 3.63) is 45.6 Å². The van der Waals surface area contributed by atoms with Gasteiger partial charge in [-0.2, -0.15) is 0 Å². The second-order valence-electron chi connectivity index (χ2n) is 5.32. The van der Waals surface area contributed by atoms with Gasteiger partial charge in [0.15, 0.2) is 16.5 Å². The molecule has 0 bridgehead atoms. The molecule has 1 aromatic carbocycles. The number of anilines is 1. The summed E-state index contributed by atoms with van der Waals surface area (Å²) < 4.78 is 40.5. The van der Waals surface area contributed by atoms with E-state index in [1.165, 1.54) is 6.92 Å². The molecular formula is C16H20N4O6S. The number of benzene rings is 1. The first-order chi connectivity index (χ1) is 12.7. The molecule has 2 heterocycles. The first kappa shape index (κ1) is 20.2. The Labute approximate surface area is 155 Å². The van der Waals surface area contributed by atoms with Crippen LogP contribution in [0, 0.1) is 20.8 Å². The lowest BCUT2D eigenvalue weighted by molar-refractivity contribution is 0.350. The van der Waals surface area contributed by atoms with Gasteiger partial charge in [0, 0.05) is 0 Å².